The van der Waals surface area contributed by atoms with Gasteiger partial charge in [-0.2, -0.15) is 4.57 Å². The van der Waals surface area contributed by atoms with Crippen molar-refractivity contribution in [2.45, 2.75) is 6.54 Å². The van der Waals surface area contributed by atoms with E-state index < -0.39 is 0 Å². The van der Waals surface area contributed by atoms with Crippen LogP contribution in [0.25, 0.3) is 10.8 Å². The van der Waals surface area contributed by atoms with Crippen molar-refractivity contribution >= 4 is 22.4 Å². The van der Waals surface area contributed by atoms with Crippen LogP contribution < -0.4 is 21.5 Å². The van der Waals surface area contributed by atoms with E-state index >= 15 is 0 Å². The Balaban J connectivity index is 0.00000133. The van der Waals surface area contributed by atoms with E-state index in [4.69, 9.17) is 11.6 Å². The molecule has 3 heteroatoms. The van der Waals surface area contributed by atoms with Crippen molar-refractivity contribution in [1.29, 1.82) is 0 Å². The van der Waals surface area contributed by atoms with Crippen LogP contribution in [-0.2, 0) is 6.54 Å². The third kappa shape index (κ3) is 2.96. The summed E-state index contributed by atoms with van der Waals surface area (Å²) in [5.41, 5.74) is 1.28. The maximum absolute atomic E-state index is 6.19. The molecular weight excluding hydrogens is 322 g/mol. The third-order valence-corrected chi connectivity index (χ3v) is 3.45. The summed E-state index contributed by atoms with van der Waals surface area (Å²) in [4.78, 5) is 0. The quantitative estimate of drug-likeness (QED) is 0.483. The van der Waals surface area contributed by atoms with E-state index in [1.54, 1.807) is 0 Å². The van der Waals surface area contributed by atoms with Crippen LogP contribution in [0.1, 0.15) is 5.56 Å². The second-order valence-corrected chi connectivity index (χ2v) is 4.68. The zero-order valence-corrected chi connectivity index (χ0v) is 12.6. The summed E-state index contributed by atoms with van der Waals surface area (Å²) in [7, 11) is 0. The van der Waals surface area contributed by atoms with E-state index in [2.05, 4.69) is 42.5 Å². The van der Waals surface area contributed by atoms with Crippen molar-refractivity contribution in [1.82, 2.24) is 0 Å². The summed E-state index contributed by atoms with van der Waals surface area (Å²) >= 11 is 6.19. The van der Waals surface area contributed by atoms with E-state index in [1.165, 1.54) is 16.3 Å². The first-order valence-electron chi connectivity index (χ1n) is 5.95. The van der Waals surface area contributed by atoms with Crippen molar-refractivity contribution in [2.24, 2.45) is 0 Å². The molecule has 0 spiro atoms. The molecule has 96 valence electrons. The van der Waals surface area contributed by atoms with Crippen LogP contribution >= 0.6 is 11.6 Å². The fourth-order valence-electron chi connectivity index (χ4n) is 2.20. The first-order valence-corrected chi connectivity index (χ1v) is 6.33. The van der Waals surface area contributed by atoms with Gasteiger partial charge in [0.15, 0.2) is 12.7 Å². The fraction of sp³-hybridized carbons (Fsp3) is 0.0625. The van der Waals surface area contributed by atoms with Gasteiger partial charge in [0.05, 0.1) is 0 Å². The number of aromatic nitrogens is 1. The zero-order valence-electron chi connectivity index (χ0n) is 10.3. The number of hydrogen-bond acceptors (Lipinski definition) is 0. The Morgan fingerprint density at radius 2 is 1.58 bits per heavy atom. The largest absolute Gasteiger partial charge is 1.00 e. The predicted molar refractivity (Wildman–Crippen MR) is 74.7 cm³/mol. The van der Waals surface area contributed by atoms with E-state index in [9.17, 15) is 0 Å². The molecule has 0 N–H and O–H groups in total. The lowest BCUT2D eigenvalue weighted by atomic mass is 10.0. The average Bonchev–Trinajstić information content (AvgIpc) is 2.42. The Kier molecular flexibility index (Phi) is 4.56. The van der Waals surface area contributed by atoms with Crippen LogP contribution in [0.5, 0.6) is 0 Å². The lowest BCUT2D eigenvalue weighted by molar-refractivity contribution is -0.685. The Hall–Kier alpha value is -1.38. The van der Waals surface area contributed by atoms with E-state index in [-0.39, 0.29) is 17.0 Å². The molecule has 0 unspecified atom stereocenters. The molecule has 0 atom stereocenters. The molecule has 0 fully saturated rings. The second kappa shape index (κ2) is 6.18. The van der Waals surface area contributed by atoms with Crippen LogP contribution in [0.15, 0.2) is 66.9 Å². The Morgan fingerprint density at radius 3 is 2.42 bits per heavy atom. The van der Waals surface area contributed by atoms with Crippen LogP contribution in [0.2, 0.25) is 5.15 Å². The van der Waals surface area contributed by atoms with Gasteiger partial charge in [-0.3, -0.25) is 0 Å². The fourth-order valence-corrected chi connectivity index (χ4v) is 2.39. The van der Waals surface area contributed by atoms with Crippen molar-refractivity contribution in [2.75, 3.05) is 0 Å². The van der Waals surface area contributed by atoms with Gasteiger partial charge in [-0.25, -0.2) is 0 Å². The maximum atomic E-state index is 6.19. The summed E-state index contributed by atoms with van der Waals surface area (Å²) in [5.74, 6) is 0. The molecule has 3 aromatic rings. The molecule has 1 heterocycles. The number of nitrogens with zero attached hydrogens (tertiary/aromatic N) is 1. The first kappa shape index (κ1) is 14.0. The molecule has 0 amide bonds. The Labute approximate surface area is 128 Å². The third-order valence-electron chi connectivity index (χ3n) is 3.11. The summed E-state index contributed by atoms with van der Waals surface area (Å²) in [6, 6.07) is 20.7. The topological polar surface area (TPSA) is 3.88 Å². The van der Waals surface area contributed by atoms with E-state index in [1.807, 2.05) is 29.0 Å². The Morgan fingerprint density at radius 1 is 0.842 bits per heavy atom. The van der Waals surface area contributed by atoms with Gasteiger partial charge in [0.2, 0.25) is 0 Å². The van der Waals surface area contributed by atoms with Gasteiger partial charge in [-0.05, 0) is 28.4 Å². The highest BCUT2D eigenvalue weighted by Gasteiger charge is 2.09. The monoisotopic (exact) mass is 333 g/mol. The molecule has 1 nitrogen and oxygen atoms in total. The summed E-state index contributed by atoms with van der Waals surface area (Å²) in [5, 5.41) is 3.31. The van der Waals surface area contributed by atoms with E-state index in [0.29, 0.717) is 0 Å². The minimum atomic E-state index is 0. The summed E-state index contributed by atoms with van der Waals surface area (Å²) < 4.78 is 2.04. The molecule has 3 rings (SSSR count). The highest BCUT2D eigenvalue weighted by Crippen LogP contribution is 2.18. The van der Waals surface area contributed by atoms with Gasteiger partial charge in [0.25, 0.3) is 5.15 Å². The second-order valence-electron chi connectivity index (χ2n) is 4.29. The lowest BCUT2D eigenvalue weighted by Crippen LogP contribution is -3.00. The van der Waals surface area contributed by atoms with Crippen LogP contribution in [0.4, 0.5) is 0 Å². The van der Waals surface area contributed by atoms with Crippen molar-refractivity contribution in [3.8, 4) is 0 Å². The molecule has 0 saturated carbocycles. The highest BCUT2D eigenvalue weighted by atomic mass is 79.9. The van der Waals surface area contributed by atoms with Crippen LogP contribution in [0.3, 0.4) is 0 Å². The molecule has 0 aliphatic rings. The number of fused-ring (bicyclic) bond motifs is 1. The van der Waals surface area contributed by atoms with Gasteiger partial charge >= 0.3 is 0 Å². The number of halogens is 2. The molecule has 0 aliphatic heterocycles. The molecule has 2 aromatic carbocycles. The summed E-state index contributed by atoms with van der Waals surface area (Å²) in [6.45, 7) is 0.793. The molecule has 0 radical (unpaired) electrons. The number of benzene rings is 2. The molecule has 1 aromatic heterocycles. The average molecular weight is 335 g/mol. The van der Waals surface area contributed by atoms with Gasteiger partial charge < -0.3 is 17.0 Å². The molecule has 0 aliphatic carbocycles. The molecule has 0 saturated heterocycles. The van der Waals surface area contributed by atoms with Crippen molar-refractivity contribution in [3.05, 3.63) is 77.6 Å². The van der Waals surface area contributed by atoms with Crippen LogP contribution in [0, 0.1) is 0 Å². The number of rotatable bonds is 2. The molecule has 19 heavy (non-hydrogen) atoms. The number of pyridine rings is 1. The first-order chi connectivity index (χ1) is 8.84. The smallest absolute Gasteiger partial charge is 0.275 e. The maximum Gasteiger partial charge on any atom is 0.275 e. The van der Waals surface area contributed by atoms with E-state index in [0.717, 1.165) is 11.7 Å². The molecular formula is C16H13BrClN. The zero-order chi connectivity index (χ0) is 12.4. The predicted octanol–water partition coefficient (Wildman–Crippen LogP) is 0.833. The van der Waals surface area contributed by atoms with Gasteiger partial charge in [0, 0.05) is 17.7 Å². The normalized spacial score (nSPS) is 10.2. The minimum Gasteiger partial charge on any atom is -1.00 e. The van der Waals surface area contributed by atoms with Gasteiger partial charge in [-0.1, -0.05) is 42.5 Å². The standard InChI is InChI=1S/C16H13ClN.BrH/c17-16-10-3-4-11-18(16)12-14-8-5-7-13-6-1-2-9-15(13)14;/h1-11H,12H2;1H/q+1;/p-1. The minimum absolute atomic E-state index is 0. The lowest BCUT2D eigenvalue weighted by Gasteiger charge is -2.04. The molecule has 0 bridgehead atoms. The van der Waals surface area contributed by atoms with Crippen molar-refractivity contribution < 1.29 is 21.5 Å². The van der Waals surface area contributed by atoms with Gasteiger partial charge in [-0.15, -0.1) is 0 Å². The van der Waals surface area contributed by atoms with Gasteiger partial charge in [0.1, 0.15) is 0 Å². The highest BCUT2D eigenvalue weighted by molar-refractivity contribution is 6.28. The summed E-state index contributed by atoms with van der Waals surface area (Å²) in [6.07, 6.45) is 2.00. The van der Waals surface area contributed by atoms with Crippen molar-refractivity contribution in [3.63, 3.8) is 0 Å². The SMILES string of the molecule is Clc1cccc[n+]1Cc1cccc2ccccc12.[Br-]. The number of hydrogen-bond donors (Lipinski definition) is 0. The van der Waals surface area contributed by atoms with Crippen LogP contribution in [-0.4, -0.2) is 0 Å². The Bertz CT molecular complexity index is 692.